The number of thiazole rings is 1. The van der Waals surface area contributed by atoms with Crippen LogP contribution in [-0.4, -0.2) is 25.3 Å². The molecule has 0 unspecified atom stereocenters. The van der Waals surface area contributed by atoms with Gasteiger partial charge in [-0.05, 0) is 24.3 Å². The van der Waals surface area contributed by atoms with Gasteiger partial charge in [0.05, 0.1) is 12.3 Å². The normalized spacial score (nSPS) is 10.6. The van der Waals surface area contributed by atoms with Crippen LogP contribution in [0.4, 0.5) is 0 Å². The van der Waals surface area contributed by atoms with Gasteiger partial charge in [0.2, 0.25) is 0 Å². The highest BCUT2D eigenvalue weighted by Gasteiger charge is 2.03. The summed E-state index contributed by atoms with van der Waals surface area (Å²) in [4.78, 5) is 4.44. The monoisotopic (exact) mass is 264 g/mol. The molecule has 1 heterocycles. The molecule has 0 atom stereocenters. The van der Waals surface area contributed by atoms with Crippen molar-refractivity contribution in [1.82, 2.24) is 4.98 Å². The molecule has 96 valence electrons. The number of ether oxygens (including phenoxy) is 2. The number of aromatic nitrogens is 1. The smallest absolute Gasteiger partial charge is 0.119 e. The fourth-order valence-corrected chi connectivity index (χ4v) is 2.19. The van der Waals surface area contributed by atoms with Gasteiger partial charge in [-0.1, -0.05) is 0 Å². The molecule has 0 bridgehead atoms. The Bertz CT molecular complexity index is 482. The molecule has 0 amide bonds. The number of hydrogen-bond donors (Lipinski definition) is 1. The number of rotatable bonds is 6. The van der Waals surface area contributed by atoms with Crippen LogP contribution in [0.25, 0.3) is 11.3 Å². The van der Waals surface area contributed by atoms with Gasteiger partial charge < -0.3 is 15.2 Å². The zero-order valence-corrected chi connectivity index (χ0v) is 11.1. The van der Waals surface area contributed by atoms with Gasteiger partial charge >= 0.3 is 0 Å². The Labute approximate surface area is 110 Å². The van der Waals surface area contributed by atoms with Crippen LogP contribution in [-0.2, 0) is 11.3 Å². The summed E-state index contributed by atoms with van der Waals surface area (Å²) in [6, 6.07) is 7.87. The topological polar surface area (TPSA) is 57.4 Å². The molecule has 1 aromatic heterocycles. The summed E-state index contributed by atoms with van der Waals surface area (Å²) in [6.07, 6.45) is 0. The first-order valence-corrected chi connectivity index (χ1v) is 6.58. The van der Waals surface area contributed by atoms with Crippen molar-refractivity contribution in [2.24, 2.45) is 5.73 Å². The van der Waals surface area contributed by atoms with E-state index < -0.39 is 0 Å². The lowest BCUT2D eigenvalue weighted by Gasteiger charge is -2.05. The Hall–Kier alpha value is -1.43. The second kappa shape index (κ2) is 6.49. The molecule has 2 aromatic rings. The van der Waals surface area contributed by atoms with Crippen LogP contribution < -0.4 is 10.5 Å². The molecule has 5 heteroatoms. The fourth-order valence-electron chi connectivity index (χ4n) is 1.50. The molecule has 0 saturated heterocycles. The van der Waals surface area contributed by atoms with E-state index in [1.165, 1.54) is 0 Å². The third-order valence-corrected chi connectivity index (χ3v) is 3.30. The fraction of sp³-hybridized carbons (Fsp3) is 0.308. The van der Waals surface area contributed by atoms with Gasteiger partial charge in [0.1, 0.15) is 17.4 Å². The molecule has 0 aliphatic heterocycles. The van der Waals surface area contributed by atoms with Crippen LogP contribution in [0.2, 0.25) is 0 Å². The summed E-state index contributed by atoms with van der Waals surface area (Å²) in [6.45, 7) is 1.64. The molecule has 4 nitrogen and oxygen atoms in total. The van der Waals surface area contributed by atoms with Crippen LogP contribution in [0.3, 0.4) is 0 Å². The van der Waals surface area contributed by atoms with E-state index in [1.54, 1.807) is 18.4 Å². The zero-order chi connectivity index (χ0) is 12.8. The molecule has 1 aromatic carbocycles. The molecule has 0 aliphatic carbocycles. The van der Waals surface area contributed by atoms with Gasteiger partial charge in [0.15, 0.2) is 0 Å². The van der Waals surface area contributed by atoms with E-state index in [4.69, 9.17) is 15.2 Å². The minimum absolute atomic E-state index is 0.489. The first kappa shape index (κ1) is 13.0. The van der Waals surface area contributed by atoms with Crippen molar-refractivity contribution in [3.63, 3.8) is 0 Å². The molecule has 2 N–H and O–H groups in total. The molecule has 0 fully saturated rings. The quantitative estimate of drug-likeness (QED) is 0.813. The lowest BCUT2D eigenvalue weighted by Crippen LogP contribution is -2.03. The van der Waals surface area contributed by atoms with Gasteiger partial charge in [-0.2, -0.15) is 0 Å². The minimum atomic E-state index is 0.489. The van der Waals surface area contributed by atoms with Crippen molar-refractivity contribution < 1.29 is 9.47 Å². The summed E-state index contributed by atoms with van der Waals surface area (Å²) >= 11 is 1.58. The first-order chi connectivity index (χ1) is 8.83. The van der Waals surface area contributed by atoms with Gasteiger partial charge in [0.25, 0.3) is 0 Å². The highest BCUT2D eigenvalue weighted by atomic mass is 32.1. The maximum Gasteiger partial charge on any atom is 0.119 e. The average molecular weight is 264 g/mol. The Kier molecular flexibility index (Phi) is 4.69. The highest BCUT2D eigenvalue weighted by Crippen LogP contribution is 2.23. The molecule has 0 saturated carbocycles. The van der Waals surface area contributed by atoms with E-state index in [2.05, 4.69) is 4.98 Å². The predicted octanol–water partition coefficient (Wildman–Crippen LogP) is 2.29. The van der Waals surface area contributed by atoms with Crippen molar-refractivity contribution in [2.75, 3.05) is 20.3 Å². The third kappa shape index (κ3) is 3.29. The largest absolute Gasteiger partial charge is 0.491 e. The number of methoxy groups -OCH3 is 1. The molecule has 0 radical (unpaired) electrons. The Balaban J connectivity index is 2.02. The van der Waals surface area contributed by atoms with Crippen LogP contribution in [0.5, 0.6) is 5.75 Å². The summed E-state index contributed by atoms with van der Waals surface area (Å²) in [5.41, 5.74) is 7.59. The Morgan fingerprint density at radius 1 is 1.22 bits per heavy atom. The SMILES string of the molecule is COCCOc1ccc(-c2csc(CN)n2)cc1. The van der Waals surface area contributed by atoms with Crippen LogP contribution in [0, 0.1) is 0 Å². The van der Waals surface area contributed by atoms with Crippen molar-refractivity contribution in [1.29, 1.82) is 0 Å². The van der Waals surface area contributed by atoms with E-state index in [-0.39, 0.29) is 0 Å². The van der Waals surface area contributed by atoms with Crippen LogP contribution in [0.15, 0.2) is 29.6 Å². The number of nitrogens with two attached hydrogens (primary N) is 1. The Morgan fingerprint density at radius 3 is 2.61 bits per heavy atom. The first-order valence-electron chi connectivity index (χ1n) is 5.70. The van der Waals surface area contributed by atoms with Crippen LogP contribution >= 0.6 is 11.3 Å². The van der Waals surface area contributed by atoms with Gasteiger partial charge in [-0.25, -0.2) is 4.98 Å². The maximum absolute atomic E-state index is 5.55. The second-order valence-corrected chi connectivity index (χ2v) is 4.64. The van der Waals surface area contributed by atoms with Crippen LogP contribution in [0.1, 0.15) is 5.01 Å². The predicted molar refractivity (Wildman–Crippen MR) is 72.8 cm³/mol. The van der Waals surface area contributed by atoms with Gasteiger partial charge in [-0.15, -0.1) is 11.3 Å². The lowest BCUT2D eigenvalue weighted by atomic mass is 10.2. The standard InChI is InChI=1S/C13H16N2O2S/c1-16-6-7-17-11-4-2-10(3-5-11)12-9-18-13(8-14)15-12/h2-5,9H,6-8,14H2,1H3. The second-order valence-electron chi connectivity index (χ2n) is 3.70. The summed E-state index contributed by atoms with van der Waals surface area (Å²) in [5, 5.41) is 2.97. The van der Waals surface area contributed by atoms with Crippen molar-refractivity contribution in [2.45, 2.75) is 6.54 Å². The van der Waals surface area contributed by atoms with Gasteiger partial charge in [-0.3, -0.25) is 0 Å². The summed E-state index contributed by atoms with van der Waals surface area (Å²) in [7, 11) is 1.66. The Morgan fingerprint density at radius 2 is 2.00 bits per heavy atom. The molecule has 18 heavy (non-hydrogen) atoms. The highest BCUT2D eigenvalue weighted by molar-refractivity contribution is 7.09. The number of benzene rings is 1. The minimum Gasteiger partial charge on any atom is -0.491 e. The van der Waals surface area contributed by atoms with Gasteiger partial charge in [0, 0.05) is 24.6 Å². The molecule has 0 spiro atoms. The number of nitrogens with zero attached hydrogens (tertiary/aromatic N) is 1. The summed E-state index contributed by atoms with van der Waals surface area (Å²) < 4.78 is 10.4. The van der Waals surface area contributed by atoms with Crippen molar-refractivity contribution >= 4 is 11.3 Å². The lowest BCUT2D eigenvalue weighted by molar-refractivity contribution is 0.146. The average Bonchev–Trinajstić information content (AvgIpc) is 2.89. The molecular formula is C13H16N2O2S. The van der Waals surface area contributed by atoms with E-state index in [0.717, 1.165) is 22.0 Å². The molecular weight excluding hydrogens is 248 g/mol. The van der Waals surface area contributed by atoms with E-state index >= 15 is 0 Å². The van der Waals surface area contributed by atoms with E-state index in [9.17, 15) is 0 Å². The maximum atomic E-state index is 5.55. The number of hydrogen-bond acceptors (Lipinski definition) is 5. The summed E-state index contributed by atoms with van der Waals surface area (Å²) in [5.74, 6) is 0.838. The molecule has 0 aliphatic rings. The van der Waals surface area contributed by atoms with E-state index in [1.807, 2.05) is 29.6 Å². The third-order valence-electron chi connectivity index (χ3n) is 2.43. The molecule has 2 rings (SSSR count). The van der Waals surface area contributed by atoms with Crippen molar-refractivity contribution in [3.05, 3.63) is 34.7 Å². The van der Waals surface area contributed by atoms with E-state index in [0.29, 0.717) is 19.8 Å². The van der Waals surface area contributed by atoms with Crippen molar-refractivity contribution in [3.8, 4) is 17.0 Å². The zero-order valence-electron chi connectivity index (χ0n) is 10.3.